The molecule has 1 amide bonds. The van der Waals surface area contributed by atoms with Gasteiger partial charge in [0.25, 0.3) is 5.69 Å². The average molecular weight is 413 g/mol. The predicted octanol–water partition coefficient (Wildman–Crippen LogP) is 3.69. The topological polar surface area (TPSA) is 69.9 Å². The van der Waals surface area contributed by atoms with Crippen LogP contribution in [0.5, 0.6) is 0 Å². The van der Waals surface area contributed by atoms with E-state index in [1.54, 1.807) is 18.2 Å². The number of hydrogen-bond donors (Lipinski definition) is 0. The number of nitro benzene ring substituents is 1. The molecule has 0 bridgehead atoms. The van der Waals surface area contributed by atoms with Gasteiger partial charge in [-0.05, 0) is 43.4 Å². The highest BCUT2D eigenvalue weighted by Gasteiger charge is 2.26. The Labute approximate surface area is 178 Å². The van der Waals surface area contributed by atoms with Gasteiger partial charge in [-0.25, -0.2) is 0 Å². The lowest BCUT2D eigenvalue weighted by Crippen LogP contribution is -2.52. The molecular weight excluding hydrogens is 380 g/mol. The molecule has 1 aromatic carbocycles. The summed E-state index contributed by atoms with van der Waals surface area (Å²) >= 11 is 0. The van der Waals surface area contributed by atoms with Crippen molar-refractivity contribution in [1.82, 2.24) is 9.80 Å². The van der Waals surface area contributed by atoms with Crippen molar-refractivity contribution in [3.8, 4) is 0 Å². The van der Waals surface area contributed by atoms with Crippen molar-refractivity contribution in [2.45, 2.75) is 51.0 Å². The number of carbonyl (C=O) groups is 1. The van der Waals surface area contributed by atoms with E-state index in [-0.39, 0.29) is 16.5 Å². The summed E-state index contributed by atoms with van der Waals surface area (Å²) in [5.74, 6) is -0.00966. The third-order valence-corrected chi connectivity index (χ3v) is 6.78. The van der Waals surface area contributed by atoms with Crippen LogP contribution in [0.4, 0.5) is 11.4 Å². The molecule has 4 rings (SSSR count). The first-order valence-corrected chi connectivity index (χ1v) is 11.4. The van der Waals surface area contributed by atoms with Gasteiger partial charge in [-0.1, -0.05) is 25.3 Å². The first-order valence-electron chi connectivity index (χ1n) is 11.4. The molecule has 1 aromatic rings. The molecule has 0 N–H and O–H groups in total. The largest absolute Gasteiger partial charge is 0.366 e. The van der Waals surface area contributed by atoms with E-state index in [2.05, 4.69) is 9.80 Å². The number of nitro groups is 1. The molecule has 7 nitrogen and oxygen atoms in total. The fourth-order valence-corrected chi connectivity index (χ4v) is 5.04. The molecule has 0 spiro atoms. The lowest BCUT2D eigenvalue weighted by atomic mass is 9.94. The molecule has 7 heteroatoms. The minimum absolute atomic E-state index is 0.00966. The fraction of sp³-hybridized carbons (Fsp3) is 0.609. The summed E-state index contributed by atoms with van der Waals surface area (Å²) in [7, 11) is 0. The monoisotopic (exact) mass is 412 g/mol. The van der Waals surface area contributed by atoms with E-state index in [1.807, 2.05) is 17.0 Å². The van der Waals surface area contributed by atoms with E-state index in [0.717, 1.165) is 52.1 Å². The number of anilines is 1. The van der Waals surface area contributed by atoms with Gasteiger partial charge >= 0.3 is 0 Å². The van der Waals surface area contributed by atoms with Gasteiger partial charge < -0.3 is 9.80 Å². The van der Waals surface area contributed by atoms with Gasteiger partial charge in [-0.3, -0.25) is 19.8 Å². The highest BCUT2D eigenvalue weighted by molar-refractivity contribution is 5.92. The molecule has 3 aliphatic rings. The van der Waals surface area contributed by atoms with Crippen LogP contribution in [0, 0.1) is 10.1 Å². The Balaban J connectivity index is 1.35. The van der Waals surface area contributed by atoms with Gasteiger partial charge in [-0.2, -0.15) is 0 Å². The standard InChI is InChI=1S/C23H32N4O3/c28-23(26-16-14-24(15-17-26)20-6-2-1-3-7-20)11-9-19-8-10-21(22(18-19)27(29)30)25-12-4-5-13-25/h8-11,18,20H,1-7,12-17H2. The third-order valence-electron chi connectivity index (χ3n) is 6.78. The van der Waals surface area contributed by atoms with Crippen LogP contribution in [0.1, 0.15) is 50.5 Å². The van der Waals surface area contributed by atoms with Crippen LogP contribution in [-0.2, 0) is 4.79 Å². The number of nitrogens with zero attached hydrogens (tertiary/aromatic N) is 4. The number of carbonyl (C=O) groups excluding carboxylic acids is 1. The van der Waals surface area contributed by atoms with Crippen molar-refractivity contribution in [3.63, 3.8) is 0 Å². The van der Waals surface area contributed by atoms with Crippen molar-refractivity contribution in [2.24, 2.45) is 0 Å². The van der Waals surface area contributed by atoms with E-state index in [9.17, 15) is 14.9 Å². The fourth-order valence-electron chi connectivity index (χ4n) is 5.04. The van der Waals surface area contributed by atoms with Crippen molar-refractivity contribution < 1.29 is 9.72 Å². The Bertz CT molecular complexity index is 790. The van der Waals surface area contributed by atoms with Crippen LogP contribution < -0.4 is 4.90 Å². The maximum Gasteiger partial charge on any atom is 0.293 e. The molecular formula is C23H32N4O3. The molecule has 0 radical (unpaired) electrons. The summed E-state index contributed by atoms with van der Waals surface area (Å²) in [4.78, 5) is 30.4. The van der Waals surface area contributed by atoms with E-state index in [1.165, 1.54) is 32.1 Å². The van der Waals surface area contributed by atoms with Crippen LogP contribution in [0.15, 0.2) is 24.3 Å². The summed E-state index contributed by atoms with van der Waals surface area (Å²) < 4.78 is 0. The molecule has 0 unspecified atom stereocenters. The molecule has 1 saturated carbocycles. The Morgan fingerprint density at radius 3 is 2.33 bits per heavy atom. The first kappa shape index (κ1) is 20.8. The first-order chi connectivity index (χ1) is 14.6. The number of rotatable bonds is 5. The number of benzene rings is 1. The molecule has 0 aromatic heterocycles. The molecule has 2 heterocycles. The normalized spacial score (nSPS) is 21.5. The zero-order valence-electron chi connectivity index (χ0n) is 17.7. The van der Waals surface area contributed by atoms with Crippen LogP contribution in [0.2, 0.25) is 0 Å². The zero-order chi connectivity index (χ0) is 20.9. The average Bonchev–Trinajstić information content (AvgIpc) is 3.33. The Hall–Kier alpha value is -2.41. The molecule has 3 fully saturated rings. The zero-order valence-corrected chi connectivity index (χ0v) is 17.7. The van der Waals surface area contributed by atoms with Crippen LogP contribution in [-0.4, -0.2) is 65.9 Å². The predicted molar refractivity (Wildman–Crippen MR) is 119 cm³/mol. The Kier molecular flexibility index (Phi) is 6.67. The second-order valence-corrected chi connectivity index (χ2v) is 8.69. The lowest BCUT2D eigenvalue weighted by Gasteiger charge is -2.40. The lowest BCUT2D eigenvalue weighted by molar-refractivity contribution is -0.384. The number of amides is 1. The summed E-state index contributed by atoms with van der Waals surface area (Å²) in [6, 6.07) is 5.96. The van der Waals surface area contributed by atoms with Gasteiger partial charge in [-0.15, -0.1) is 0 Å². The number of piperazine rings is 1. The Morgan fingerprint density at radius 1 is 0.967 bits per heavy atom. The maximum atomic E-state index is 12.6. The SMILES string of the molecule is O=C(C=Cc1ccc(N2CCCC2)c([N+](=O)[O-])c1)N1CCN(C2CCCCC2)CC1. The Morgan fingerprint density at radius 2 is 1.67 bits per heavy atom. The van der Waals surface area contributed by atoms with Crippen LogP contribution in [0.25, 0.3) is 6.08 Å². The number of hydrogen-bond acceptors (Lipinski definition) is 5. The van der Waals surface area contributed by atoms with Crippen molar-refractivity contribution in [1.29, 1.82) is 0 Å². The maximum absolute atomic E-state index is 12.6. The van der Waals surface area contributed by atoms with Gasteiger partial charge in [0.2, 0.25) is 5.91 Å². The second kappa shape index (κ2) is 9.60. The van der Waals surface area contributed by atoms with Gasteiger partial charge in [0.05, 0.1) is 4.92 Å². The van der Waals surface area contributed by atoms with Crippen LogP contribution in [0.3, 0.4) is 0 Å². The molecule has 0 atom stereocenters. The summed E-state index contributed by atoms with van der Waals surface area (Å²) in [6.07, 6.45) is 12.0. The highest BCUT2D eigenvalue weighted by Crippen LogP contribution is 2.32. The minimum atomic E-state index is -0.322. The minimum Gasteiger partial charge on any atom is -0.366 e. The van der Waals surface area contributed by atoms with Gasteiger partial charge in [0.15, 0.2) is 0 Å². The smallest absolute Gasteiger partial charge is 0.293 e. The molecule has 1 aliphatic carbocycles. The van der Waals surface area contributed by atoms with E-state index in [4.69, 9.17) is 0 Å². The van der Waals surface area contributed by atoms with Crippen LogP contribution >= 0.6 is 0 Å². The highest BCUT2D eigenvalue weighted by atomic mass is 16.6. The van der Waals surface area contributed by atoms with Crippen molar-refractivity contribution >= 4 is 23.4 Å². The molecule has 162 valence electrons. The summed E-state index contributed by atoms with van der Waals surface area (Å²) in [6.45, 7) is 5.13. The quantitative estimate of drug-likeness (QED) is 0.419. The third kappa shape index (κ3) is 4.83. The van der Waals surface area contributed by atoms with E-state index in [0.29, 0.717) is 17.3 Å². The summed E-state index contributed by atoms with van der Waals surface area (Å²) in [5, 5.41) is 11.6. The van der Waals surface area contributed by atoms with E-state index >= 15 is 0 Å². The van der Waals surface area contributed by atoms with E-state index < -0.39 is 0 Å². The van der Waals surface area contributed by atoms with Crippen molar-refractivity contribution in [2.75, 3.05) is 44.2 Å². The molecule has 2 saturated heterocycles. The van der Waals surface area contributed by atoms with Gasteiger partial charge in [0, 0.05) is 57.5 Å². The summed E-state index contributed by atoms with van der Waals surface area (Å²) in [5.41, 5.74) is 1.49. The molecule has 30 heavy (non-hydrogen) atoms. The second-order valence-electron chi connectivity index (χ2n) is 8.69. The van der Waals surface area contributed by atoms with Crippen molar-refractivity contribution in [3.05, 3.63) is 40.0 Å². The molecule has 2 aliphatic heterocycles. The van der Waals surface area contributed by atoms with Gasteiger partial charge in [0.1, 0.15) is 5.69 Å².